The third-order valence-electron chi connectivity index (χ3n) is 5.40. The average Bonchev–Trinajstić information content (AvgIpc) is 2.86. The number of methoxy groups -OCH3 is 1. The number of alkyl halides is 3. The maximum atomic E-state index is 12.9. The van der Waals surface area contributed by atoms with E-state index in [1.807, 2.05) is 49.4 Å². The van der Waals surface area contributed by atoms with Crippen molar-refractivity contribution in [1.82, 2.24) is 5.32 Å². The largest absolute Gasteiger partial charge is 0.493 e. The summed E-state index contributed by atoms with van der Waals surface area (Å²) in [6.07, 6.45) is -5.01. The molecule has 3 rings (SSSR count). The Balaban J connectivity index is 1.56. The van der Waals surface area contributed by atoms with E-state index in [-0.39, 0.29) is 19.2 Å². The monoisotopic (exact) mass is 489 g/mol. The third-order valence-corrected chi connectivity index (χ3v) is 5.40. The number of para-hydroxylation sites is 2. The van der Waals surface area contributed by atoms with Crippen LogP contribution in [0.15, 0.2) is 78.9 Å². The third kappa shape index (κ3) is 8.19. The predicted octanol–water partition coefficient (Wildman–Crippen LogP) is 5.64. The molecule has 0 radical (unpaired) electrons. The van der Waals surface area contributed by atoms with Crippen molar-refractivity contribution in [2.75, 3.05) is 20.3 Å². The standard InChI is InChI=1S/C27H30F3NO4/c1-19(31-17-22(32)18-34-25-11-7-6-10-24(25)33-2)16-26(20-8-4-3-5-9-20)35-23-14-12-21(13-15-23)27(28,29)30/h3-15,19,22,26,31-32H,16-18H2,1-2H3. The molecule has 0 heterocycles. The minimum atomic E-state index is -4.40. The van der Waals surface area contributed by atoms with E-state index in [2.05, 4.69) is 5.32 Å². The molecule has 0 spiro atoms. The summed E-state index contributed by atoms with van der Waals surface area (Å²) in [5.74, 6) is 1.49. The molecule has 3 unspecified atom stereocenters. The summed E-state index contributed by atoms with van der Waals surface area (Å²) in [7, 11) is 1.55. The molecule has 35 heavy (non-hydrogen) atoms. The minimum Gasteiger partial charge on any atom is -0.493 e. The Morgan fingerprint density at radius 3 is 2.14 bits per heavy atom. The molecule has 0 saturated carbocycles. The molecular formula is C27H30F3NO4. The van der Waals surface area contributed by atoms with Gasteiger partial charge in [0.15, 0.2) is 11.5 Å². The number of hydrogen-bond acceptors (Lipinski definition) is 5. The number of aliphatic hydroxyl groups excluding tert-OH is 1. The van der Waals surface area contributed by atoms with Gasteiger partial charge in [-0.15, -0.1) is 0 Å². The number of benzene rings is 3. The van der Waals surface area contributed by atoms with E-state index in [1.165, 1.54) is 12.1 Å². The summed E-state index contributed by atoms with van der Waals surface area (Å²) >= 11 is 0. The lowest BCUT2D eigenvalue weighted by Gasteiger charge is -2.25. The molecule has 0 aliphatic heterocycles. The lowest BCUT2D eigenvalue weighted by molar-refractivity contribution is -0.137. The number of ether oxygens (including phenoxy) is 3. The number of rotatable bonds is 12. The van der Waals surface area contributed by atoms with Crippen LogP contribution in [0.3, 0.4) is 0 Å². The Labute approximate surface area is 203 Å². The van der Waals surface area contributed by atoms with Crippen LogP contribution in [0.25, 0.3) is 0 Å². The highest BCUT2D eigenvalue weighted by Gasteiger charge is 2.30. The van der Waals surface area contributed by atoms with Gasteiger partial charge in [0.2, 0.25) is 0 Å². The van der Waals surface area contributed by atoms with Crippen molar-refractivity contribution in [3.63, 3.8) is 0 Å². The van der Waals surface area contributed by atoms with Crippen molar-refractivity contribution in [3.8, 4) is 17.2 Å². The number of nitrogens with one attached hydrogen (secondary N) is 1. The number of halogens is 3. The first-order valence-corrected chi connectivity index (χ1v) is 11.3. The normalized spacial score (nSPS) is 14.1. The maximum Gasteiger partial charge on any atom is 0.416 e. The van der Waals surface area contributed by atoms with Crippen molar-refractivity contribution in [2.45, 2.75) is 37.8 Å². The van der Waals surface area contributed by atoms with Gasteiger partial charge in [0.25, 0.3) is 0 Å². The first-order chi connectivity index (χ1) is 16.8. The van der Waals surface area contributed by atoms with E-state index in [1.54, 1.807) is 19.2 Å². The minimum absolute atomic E-state index is 0.0597. The molecule has 5 nitrogen and oxygen atoms in total. The van der Waals surface area contributed by atoms with Crippen LogP contribution in [0.4, 0.5) is 13.2 Å². The molecule has 2 N–H and O–H groups in total. The average molecular weight is 490 g/mol. The summed E-state index contributed by atoms with van der Waals surface area (Å²) in [5, 5.41) is 13.6. The smallest absolute Gasteiger partial charge is 0.416 e. The van der Waals surface area contributed by atoms with Crippen LogP contribution in [0.2, 0.25) is 0 Å². The number of hydrogen-bond donors (Lipinski definition) is 2. The van der Waals surface area contributed by atoms with Gasteiger partial charge in [-0.3, -0.25) is 0 Å². The van der Waals surface area contributed by atoms with Crippen LogP contribution < -0.4 is 19.5 Å². The molecule has 0 aliphatic rings. The van der Waals surface area contributed by atoms with Gasteiger partial charge in [0.05, 0.1) is 12.7 Å². The Morgan fingerprint density at radius 2 is 1.51 bits per heavy atom. The zero-order valence-electron chi connectivity index (χ0n) is 19.7. The van der Waals surface area contributed by atoms with E-state index in [4.69, 9.17) is 14.2 Å². The fraction of sp³-hybridized carbons (Fsp3) is 0.333. The van der Waals surface area contributed by atoms with Crippen LogP contribution in [-0.2, 0) is 6.18 Å². The molecule has 0 aliphatic carbocycles. The Morgan fingerprint density at radius 1 is 0.886 bits per heavy atom. The molecule has 0 fully saturated rings. The second-order valence-electron chi connectivity index (χ2n) is 8.20. The van der Waals surface area contributed by atoms with Gasteiger partial charge >= 0.3 is 6.18 Å². The lowest BCUT2D eigenvalue weighted by atomic mass is 10.0. The molecule has 3 aromatic rings. The highest BCUT2D eigenvalue weighted by atomic mass is 19.4. The van der Waals surface area contributed by atoms with Crippen LogP contribution in [0, 0.1) is 0 Å². The Hall–Kier alpha value is -3.23. The van der Waals surface area contributed by atoms with E-state index in [0.717, 1.165) is 17.7 Å². The fourth-order valence-electron chi connectivity index (χ4n) is 3.53. The van der Waals surface area contributed by atoms with E-state index in [9.17, 15) is 18.3 Å². The fourth-order valence-corrected chi connectivity index (χ4v) is 3.53. The quantitative estimate of drug-likeness (QED) is 0.345. The summed E-state index contributed by atoms with van der Waals surface area (Å²) in [6, 6.07) is 21.3. The molecule has 188 valence electrons. The first kappa shape index (κ1) is 26.4. The molecular weight excluding hydrogens is 459 g/mol. The van der Waals surface area contributed by atoms with Gasteiger partial charge in [0.1, 0.15) is 24.6 Å². The predicted molar refractivity (Wildman–Crippen MR) is 128 cm³/mol. The van der Waals surface area contributed by atoms with Crippen LogP contribution >= 0.6 is 0 Å². The highest BCUT2D eigenvalue weighted by Crippen LogP contribution is 2.32. The topological polar surface area (TPSA) is 60.0 Å². The zero-order chi connectivity index (χ0) is 25.3. The lowest BCUT2D eigenvalue weighted by Crippen LogP contribution is -2.37. The van der Waals surface area contributed by atoms with Crippen LogP contribution in [-0.4, -0.2) is 37.5 Å². The molecule has 3 atom stereocenters. The summed E-state index contributed by atoms with van der Waals surface area (Å²) in [4.78, 5) is 0. The molecule has 0 saturated heterocycles. The summed E-state index contributed by atoms with van der Waals surface area (Å²) in [5.41, 5.74) is 0.182. The second-order valence-corrected chi connectivity index (χ2v) is 8.20. The van der Waals surface area contributed by atoms with Crippen molar-refractivity contribution < 1.29 is 32.5 Å². The van der Waals surface area contributed by atoms with Gasteiger partial charge in [0, 0.05) is 19.0 Å². The zero-order valence-corrected chi connectivity index (χ0v) is 19.7. The molecule has 0 amide bonds. The summed E-state index contributed by atoms with van der Waals surface area (Å²) < 4.78 is 55.6. The second kappa shape index (κ2) is 12.5. The first-order valence-electron chi connectivity index (χ1n) is 11.3. The molecule has 3 aromatic carbocycles. The van der Waals surface area contributed by atoms with Crippen LogP contribution in [0.5, 0.6) is 17.2 Å². The maximum absolute atomic E-state index is 12.9. The van der Waals surface area contributed by atoms with E-state index < -0.39 is 23.9 Å². The van der Waals surface area contributed by atoms with Gasteiger partial charge in [-0.05, 0) is 48.9 Å². The van der Waals surface area contributed by atoms with Gasteiger partial charge in [-0.2, -0.15) is 13.2 Å². The molecule has 8 heteroatoms. The van der Waals surface area contributed by atoms with Crippen molar-refractivity contribution in [1.29, 1.82) is 0 Å². The van der Waals surface area contributed by atoms with E-state index >= 15 is 0 Å². The van der Waals surface area contributed by atoms with E-state index in [0.29, 0.717) is 23.7 Å². The van der Waals surface area contributed by atoms with Gasteiger partial charge in [-0.25, -0.2) is 0 Å². The molecule has 0 aromatic heterocycles. The van der Waals surface area contributed by atoms with Crippen molar-refractivity contribution in [2.24, 2.45) is 0 Å². The Kier molecular flexibility index (Phi) is 9.39. The SMILES string of the molecule is COc1ccccc1OCC(O)CNC(C)CC(Oc1ccc(C(F)(F)F)cc1)c1ccccc1. The number of aliphatic hydroxyl groups is 1. The van der Waals surface area contributed by atoms with Gasteiger partial charge < -0.3 is 24.6 Å². The van der Waals surface area contributed by atoms with Crippen molar-refractivity contribution >= 4 is 0 Å². The van der Waals surface area contributed by atoms with Crippen molar-refractivity contribution in [3.05, 3.63) is 90.0 Å². The van der Waals surface area contributed by atoms with Gasteiger partial charge in [-0.1, -0.05) is 42.5 Å². The summed E-state index contributed by atoms with van der Waals surface area (Å²) in [6.45, 7) is 2.34. The van der Waals surface area contributed by atoms with Crippen LogP contribution in [0.1, 0.15) is 30.6 Å². The Bertz CT molecular complexity index is 1030. The highest BCUT2D eigenvalue weighted by molar-refractivity contribution is 5.39. The molecule has 0 bridgehead atoms.